The fraction of sp³-hybridized carbons (Fsp3) is 0.176. The first-order chi connectivity index (χ1) is 10.8. The molecule has 0 atom stereocenters. The standard InChI is InChI=1S/C17H16FN3S/c18-15-4-2-1-3-14(15)11-20-10-7-17-21-16(12-22-17)13-5-8-19-9-6-13/h1-6,8-9,12,20H,7,10-11H2. The highest BCUT2D eigenvalue weighted by molar-refractivity contribution is 7.09. The molecule has 1 aromatic carbocycles. The summed E-state index contributed by atoms with van der Waals surface area (Å²) in [5.74, 6) is -0.163. The largest absolute Gasteiger partial charge is 0.312 e. The molecule has 0 bridgehead atoms. The van der Waals surface area contributed by atoms with Gasteiger partial charge in [-0.05, 0) is 18.2 Å². The zero-order valence-corrected chi connectivity index (χ0v) is 12.8. The Morgan fingerprint density at radius 1 is 1.09 bits per heavy atom. The Balaban J connectivity index is 1.51. The molecule has 0 unspecified atom stereocenters. The maximum atomic E-state index is 13.5. The summed E-state index contributed by atoms with van der Waals surface area (Å²) in [6.07, 6.45) is 4.37. The van der Waals surface area contributed by atoms with Crippen LogP contribution in [0.25, 0.3) is 11.3 Å². The molecule has 112 valence electrons. The van der Waals surface area contributed by atoms with E-state index in [0.717, 1.165) is 29.2 Å². The van der Waals surface area contributed by atoms with Crippen LogP contribution in [0.3, 0.4) is 0 Å². The van der Waals surface area contributed by atoms with E-state index in [1.807, 2.05) is 18.2 Å². The normalized spacial score (nSPS) is 10.8. The Bertz CT molecular complexity index is 728. The summed E-state index contributed by atoms with van der Waals surface area (Å²) in [4.78, 5) is 8.63. The third-order valence-electron chi connectivity index (χ3n) is 3.32. The van der Waals surface area contributed by atoms with E-state index < -0.39 is 0 Å². The fourth-order valence-corrected chi connectivity index (χ4v) is 2.95. The van der Waals surface area contributed by atoms with Gasteiger partial charge in [-0.1, -0.05) is 18.2 Å². The number of nitrogens with one attached hydrogen (secondary N) is 1. The maximum Gasteiger partial charge on any atom is 0.127 e. The SMILES string of the molecule is Fc1ccccc1CNCCc1nc(-c2ccncc2)cs1. The van der Waals surface area contributed by atoms with Gasteiger partial charge >= 0.3 is 0 Å². The highest BCUT2D eigenvalue weighted by Gasteiger charge is 2.04. The summed E-state index contributed by atoms with van der Waals surface area (Å²) in [6.45, 7) is 1.31. The van der Waals surface area contributed by atoms with Crippen molar-refractivity contribution >= 4 is 11.3 Å². The Kier molecular flexibility index (Phi) is 4.88. The summed E-state index contributed by atoms with van der Waals surface area (Å²) < 4.78 is 13.5. The zero-order valence-electron chi connectivity index (χ0n) is 12.0. The highest BCUT2D eigenvalue weighted by Crippen LogP contribution is 2.21. The molecule has 3 nitrogen and oxygen atoms in total. The van der Waals surface area contributed by atoms with Crippen molar-refractivity contribution in [2.45, 2.75) is 13.0 Å². The fourth-order valence-electron chi connectivity index (χ4n) is 2.14. The zero-order chi connectivity index (χ0) is 15.2. The Hall–Kier alpha value is -2.11. The van der Waals surface area contributed by atoms with Crippen molar-refractivity contribution in [3.05, 3.63) is 70.6 Å². The molecule has 22 heavy (non-hydrogen) atoms. The molecular weight excluding hydrogens is 297 g/mol. The van der Waals surface area contributed by atoms with Crippen LogP contribution in [0.15, 0.2) is 54.2 Å². The molecule has 3 aromatic rings. The number of rotatable bonds is 6. The van der Waals surface area contributed by atoms with Crippen molar-refractivity contribution in [2.75, 3.05) is 6.54 Å². The second-order valence-corrected chi connectivity index (χ2v) is 5.82. The highest BCUT2D eigenvalue weighted by atomic mass is 32.1. The van der Waals surface area contributed by atoms with Gasteiger partial charge in [0.1, 0.15) is 5.82 Å². The van der Waals surface area contributed by atoms with E-state index >= 15 is 0 Å². The predicted octanol–water partition coefficient (Wildman–Crippen LogP) is 3.68. The van der Waals surface area contributed by atoms with E-state index in [2.05, 4.69) is 20.7 Å². The van der Waals surface area contributed by atoms with Gasteiger partial charge < -0.3 is 5.32 Å². The van der Waals surface area contributed by atoms with Gasteiger partial charge in [0.2, 0.25) is 0 Å². The Morgan fingerprint density at radius 3 is 2.73 bits per heavy atom. The molecular formula is C17H16FN3S. The first-order valence-electron chi connectivity index (χ1n) is 7.12. The van der Waals surface area contributed by atoms with E-state index in [4.69, 9.17) is 0 Å². The number of nitrogens with zero attached hydrogens (tertiary/aromatic N) is 2. The van der Waals surface area contributed by atoms with Crippen LogP contribution in [0.2, 0.25) is 0 Å². The lowest BCUT2D eigenvalue weighted by molar-refractivity contribution is 0.588. The Morgan fingerprint density at radius 2 is 1.91 bits per heavy atom. The second kappa shape index (κ2) is 7.24. The molecule has 2 heterocycles. The number of aromatic nitrogens is 2. The van der Waals surface area contributed by atoms with Gasteiger partial charge in [-0.15, -0.1) is 11.3 Å². The van der Waals surface area contributed by atoms with Crippen molar-refractivity contribution in [1.82, 2.24) is 15.3 Å². The van der Waals surface area contributed by atoms with Crippen LogP contribution in [0.1, 0.15) is 10.6 Å². The Labute approximate surface area is 132 Å². The molecule has 1 N–H and O–H groups in total. The first-order valence-corrected chi connectivity index (χ1v) is 8.00. The van der Waals surface area contributed by atoms with Crippen LogP contribution >= 0.6 is 11.3 Å². The van der Waals surface area contributed by atoms with E-state index in [9.17, 15) is 4.39 Å². The molecule has 0 spiro atoms. The summed E-state index contributed by atoms with van der Waals surface area (Å²) in [6, 6.07) is 10.7. The van der Waals surface area contributed by atoms with Crippen molar-refractivity contribution < 1.29 is 4.39 Å². The van der Waals surface area contributed by atoms with Gasteiger partial charge in [0.05, 0.1) is 10.7 Å². The van der Waals surface area contributed by atoms with Crippen molar-refractivity contribution in [1.29, 1.82) is 0 Å². The molecule has 5 heteroatoms. The van der Waals surface area contributed by atoms with Gasteiger partial charge in [-0.25, -0.2) is 9.37 Å². The number of halogens is 1. The molecule has 0 saturated heterocycles. The number of thiazole rings is 1. The predicted molar refractivity (Wildman–Crippen MR) is 87.2 cm³/mol. The van der Waals surface area contributed by atoms with Crippen LogP contribution in [0.4, 0.5) is 4.39 Å². The van der Waals surface area contributed by atoms with Crippen LogP contribution in [-0.4, -0.2) is 16.5 Å². The van der Waals surface area contributed by atoms with E-state index in [0.29, 0.717) is 12.1 Å². The topological polar surface area (TPSA) is 37.8 Å². The molecule has 0 amide bonds. The van der Waals surface area contributed by atoms with Crippen molar-refractivity contribution in [3.8, 4) is 11.3 Å². The monoisotopic (exact) mass is 313 g/mol. The van der Waals surface area contributed by atoms with E-state index in [1.54, 1.807) is 35.9 Å². The molecule has 0 radical (unpaired) electrons. The summed E-state index contributed by atoms with van der Waals surface area (Å²) >= 11 is 1.65. The summed E-state index contributed by atoms with van der Waals surface area (Å²) in [5.41, 5.74) is 2.76. The smallest absolute Gasteiger partial charge is 0.127 e. The summed E-state index contributed by atoms with van der Waals surface area (Å²) in [5, 5.41) is 6.39. The van der Waals surface area contributed by atoms with E-state index in [-0.39, 0.29) is 5.82 Å². The van der Waals surface area contributed by atoms with Crippen LogP contribution in [-0.2, 0) is 13.0 Å². The van der Waals surface area contributed by atoms with Gasteiger partial charge in [0.25, 0.3) is 0 Å². The first kappa shape index (κ1) is 14.8. The summed E-state index contributed by atoms with van der Waals surface area (Å²) in [7, 11) is 0. The quantitative estimate of drug-likeness (QED) is 0.706. The lowest BCUT2D eigenvalue weighted by atomic mass is 10.2. The minimum absolute atomic E-state index is 0.163. The van der Waals surface area contributed by atoms with Gasteiger partial charge in [-0.3, -0.25) is 4.98 Å². The van der Waals surface area contributed by atoms with Gasteiger partial charge in [0.15, 0.2) is 0 Å². The lowest BCUT2D eigenvalue weighted by Crippen LogP contribution is -2.17. The molecule has 0 saturated carbocycles. The molecule has 0 aliphatic heterocycles. The number of hydrogen-bond donors (Lipinski definition) is 1. The number of pyridine rings is 1. The third kappa shape index (κ3) is 3.75. The van der Waals surface area contributed by atoms with E-state index in [1.165, 1.54) is 6.07 Å². The second-order valence-electron chi connectivity index (χ2n) is 4.88. The molecule has 0 aliphatic carbocycles. The van der Waals surface area contributed by atoms with Crippen LogP contribution < -0.4 is 5.32 Å². The van der Waals surface area contributed by atoms with Crippen LogP contribution in [0.5, 0.6) is 0 Å². The van der Waals surface area contributed by atoms with Gasteiger partial charge in [0, 0.05) is 48.4 Å². The molecule has 2 aromatic heterocycles. The molecule has 0 aliphatic rings. The number of hydrogen-bond acceptors (Lipinski definition) is 4. The molecule has 3 rings (SSSR count). The minimum Gasteiger partial charge on any atom is -0.312 e. The van der Waals surface area contributed by atoms with Crippen molar-refractivity contribution in [2.24, 2.45) is 0 Å². The molecule has 0 fully saturated rings. The maximum absolute atomic E-state index is 13.5. The minimum atomic E-state index is -0.163. The lowest BCUT2D eigenvalue weighted by Gasteiger charge is -2.04. The number of benzene rings is 1. The average Bonchev–Trinajstić information content (AvgIpc) is 3.03. The van der Waals surface area contributed by atoms with Gasteiger partial charge in [-0.2, -0.15) is 0 Å². The van der Waals surface area contributed by atoms with Crippen molar-refractivity contribution in [3.63, 3.8) is 0 Å². The van der Waals surface area contributed by atoms with Crippen LogP contribution in [0, 0.1) is 5.82 Å². The average molecular weight is 313 g/mol. The third-order valence-corrected chi connectivity index (χ3v) is 4.23.